The summed E-state index contributed by atoms with van der Waals surface area (Å²) in [5.41, 5.74) is 0.338. The van der Waals surface area contributed by atoms with Gasteiger partial charge in [-0.25, -0.2) is 8.42 Å². The summed E-state index contributed by atoms with van der Waals surface area (Å²) in [7, 11) is -4.62. The number of rotatable bonds is 4. The summed E-state index contributed by atoms with van der Waals surface area (Å²) >= 11 is 5.99. The molecule has 0 bridgehead atoms. The lowest BCUT2D eigenvalue weighted by Crippen LogP contribution is -2.37. The maximum atomic E-state index is 12.9. The molecule has 1 heterocycles. The first kappa shape index (κ1) is 16.5. The van der Waals surface area contributed by atoms with Crippen LogP contribution >= 0.6 is 11.6 Å². The first-order valence-corrected chi connectivity index (χ1v) is 9.00. The molecule has 1 aromatic rings. The lowest BCUT2D eigenvalue weighted by atomic mass is 10.1. The summed E-state index contributed by atoms with van der Waals surface area (Å²) < 4.78 is 49.5. The number of hydrogen-bond donors (Lipinski definition) is 0. The zero-order chi connectivity index (χ0) is 15.5. The summed E-state index contributed by atoms with van der Waals surface area (Å²) in [6.45, 7) is 0.632. The zero-order valence-electron chi connectivity index (χ0n) is 11.5. The molecule has 118 valence electrons. The smallest absolute Gasteiger partial charge is 0.341 e. The quantitative estimate of drug-likeness (QED) is 0.787. The van der Waals surface area contributed by atoms with E-state index in [0.717, 1.165) is 25.7 Å². The molecular formula is C14H18ClF2NO2S. The van der Waals surface area contributed by atoms with Crippen LogP contribution in [-0.4, -0.2) is 32.6 Å². The van der Waals surface area contributed by atoms with Crippen molar-refractivity contribution in [1.29, 1.82) is 0 Å². The molecule has 1 unspecified atom stereocenters. The van der Waals surface area contributed by atoms with Crippen LogP contribution in [0.4, 0.5) is 14.5 Å². The van der Waals surface area contributed by atoms with Gasteiger partial charge in [-0.3, -0.25) is 0 Å². The number of hydrogen-bond acceptors (Lipinski definition) is 3. The predicted molar refractivity (Wildman–Crippen MR) is 80.0 cm³/mol. The Morgan fingerprint density at radius 2 is 1.95 bits per heavy atom. The highest BCUT2D eigenvalue weighted by Gasteiger charge is 2.32. The van der Waals surface area contributed by atoms with E-state index in [2.05, 4.69) is 0 Å². The molecule has 21 heavy (non-hydrogen) atoms. The SMILES string of the molecule is O=S(=O)(c1ccccc1N1CCCCCC1CCl)C(F)F. The number of anilines is 1. The molecule has 1 atom stereocenters. The first-order valence-electron chi connectivity index (χ1n) is 6.92. The Labute approximate surface area is 128 Å². The summed E-state index contributed by atoms with van der Waals surface area (Å²) in [6, 6.07) is 5.93. The van der Waals surface area contributed by atoms with Crippen LogP contribution in [0.25, 0.3) is 0 Å². The summed E-state index contributed by atoms with van der Waals surface area (Å²) in [5.74, 6) is -3.07. The molecule has 1 aromatic carbocycles. The Bertz CT molecular complexity index is 580. The molecule has 0 aliphatic carbocycles. The van der Waals surface area contributed by atoms with E-state index in [-0.39, 0.29) is 10.9 Å². The minimum absolute atomic E-state index is 0.0248. The second kappa shape index (κ2) is 6.92. The van der Waals surface area contributed by atoms with E-state index in [9.17, 15) is 17.2 Å². The van der Waals surface area contributed by atoms with Crippen molar-refractivity contribution in [3.05, 3.63) is 24.3 Å². The molecule has 0 saturated carbocycles. The van der Waals surface area contributed by atoms with Gasteiger partial charge in [-0.05, 0) is 25.0 Å². The average molecular weight is 338 g/mol. The predicted octanol–water partition coefficient (Wildman–Crippen LogP) is 3.67. The topological polar surface area (TPSA) is 37.4 Å². The van der Waals surface area contributed by atoms with Crippen LogP contribution in [0.15, 0.2) is 29.2 Å². The summed E-state index contributed by atoms with van der Waals surface area (Å²) in [6.07, 6.45) is 3.79. The van der Waals surface area contributed by atoms with E-state index >= 15 is 0 Å². The lowest BCUT2D eigenvalue weighted by molar-refractivity contribution is 0.234. The first-order chi connectivity index (χ1) is 9.98. The summed E-state index contributed by atoms with van der Waals surface area (Å²) in [5, 5.41) is 0. The van der Waals surface area contributed by atoms with Crippen LogP contribution < -0.4 is 4.90 Å². The fraction of sp³-hybridized carbons (Fsp3) is 0.571. The minimum Gasteiger partial charge on any atom is -0.366 e. The molecule has 7 heteroatoms. The molecule has 1 saturated heterocycles. The van der Waals surface area contributed by atoms with Crippen LogP contribution in [0.2, 0.25) is 0 Å². The second-order valence-corrected chi connectivity index (χ2v) is 7.32. The van der Waals surface area contributed by atoms with Gasteiger partial charge in [-0.2, -0.15) is 8.78 Å². The normalized spacial score (nSPS) is 20.6. The molecule has 0 aromatic heterocycles. The van der Waals surface area contributed by atoms with E-state index in [1.54, 1.807) is 12.1 Å². The number of sulfone groups is 1. The van der Waals surface area contributed by atoms with Crippen LogP contribution in [0.1, 0.15) is 25.7 Å². The highest BCUT2D eigenvalue weighted by Crippen LogP contribution is 2.33. The Morgan fingerprint density at radius 3 is 2.62 bits per heavy atom. The molecule has 0 amide bonds. The van der Waals surface area contributed by atoms with Gasteiger partial charge in [-0.1, -0.05) is 25.0 Å². The standard InChI is InChI=1S/C14H18ClF2NO2S/c15-10-11-6-2-1-5-9-18(11)12-7-3-4-8-13(12)21(19,20)14(16)17/h3-4,7-8,11,14H,1-2,5-6,9-10H2. The van der Waals surface area contributed by atoms with Crippen molar-refractivity contribution < 1.29 is 17.2 Å². The van der Waals surface area contributed by atoms with E-state index in [1.165, 1.54) is 12.1 Å². The molecule has 0 radical (unpaired) electrons. The van der Waals surface area contributed by atoms with Crippen molar-refractivity contribution in [2.24, 2.45) is 0 Å². The fourth-order valence-electron chi connectivity index (χ4n) is 2.69. The summed E-state index contributed by atoms with van der Waals surface area (Å²) in [4.78, 5) is 1.56. The Kier molecular flexibility index (Phi) is 5.43. The zero-order valence-corrected chi connectivity index (χ0v) is 13.1. The van der Waals surface area contributed by atoms with E-state index in [0.29, 0.717) is 18.1 Å². The van der Waals surface area contributed by atoms with Crippen molar-refractivity contribution >= 4 is 27.1 Å². The number of benzene rings is 1. The van der Waals surface area contributed by atoms with Gasteiger partial charge in [-0.15, -0.1) is 11.6 Å². The minimum atomic E-state index is -4.62. The highest BCUT2D eigenvalue weighted by molar-refractivity contribution is 7.91. The molecule has 0 N–H and O–H groups in total. The molecule has 2 rings (SSSR count). The van der Waals surface area contributed by atoms with Crippen LogP contribution in [-0.2, 0) is 9.84 Å². The molecule has 3 nitrogen and oxygen atoms in total. The third-order valence-electron chi connectivity index (χ3n) is 3.77. The van der Waals surface area contributed by atoms with Crippen molar-refractivity contribution in [3.8, 4) is 0 Å². The lowest BCUT2D eigenvalue weighted by Gasteiger charge is -2.32. The van der Waals surface area contributed by atoms with Crippen LogP contribution in [0.5, 0.6) is 0 Å². The third kappa shape index (κ3) is 3.48. The molecular weight excluding hydrogens is 320 g/mol. The van der Waals surface area contributed by atoms with Crippen LogP contribution in [0.3, 0.4) is 0 Å². The third-order valence-corrected chi connectivity index (χ3v) is 5.55. The number of nitrogens with zero attached hydrogens (tertiary/aromatic N) is 1. The Hall–Kier alpha value is -0.880. The Morgan fingerprint density at radius 1 is 1.24 bits per heavy atom. The van der Waals surface area contributed by atoms with Crippen molar-refractivity contribution in [3.63, 3.8) is 0 Å². The number of alkyl halides is 3. The van der Waals surface area contributed by atoms with Gasteiger partial charge in [0, 0.05) is 18.5 Å². The van der Waals surface area contributed by atoms with Crippen LogP contribution in [0, 0.1) is 0 Å². The van der Waals surface area contributed by atoms with Gasteiger partial charge in [0.2, 0.25) is 9.84 Å². The average Bonchev–Trinajstić information content (AvgIpc) is 2.72. The number of halogens is 3. The Balaban J connectivity index is 2.48. The van der Waals surface area contributed by atoms with Gasteiger partial charge in [0.05, 0.1) is 10.6 Å². The van der Waals surface area contributed by atoms with Crippen molar-refractivity contribution in [2.75, 3.05) is 17.3 Å². The van der Waals surface area contributed by atoms with Gasteiger partial charge >= 0.3 is 5.76 Å². The largest absolute Gasteiger partial charge is 0.366 e. The monoisotopic (exact) mass is 337 g/mol. The van der Waals surface area contributed by atoms with Gasteiger partial charge in [0.15, 0.2) is 0 Å². The maximum Gasteiger partial charge on any atom is 0.341 e. The van der Waals surface area contributed by atoms with Crippen molar-refractivity contribution in [1.82, 2.24) is 0 Å². The fourth-order valence-corrected chi connectivity index (χ4v) is 3.94. The molecule has 0 spiro atoms. The molecule has 1 fully saturated rings. The van der Waals surface area contributed by atoms with Gasteiger partial charge in [0.1, 0.15) is 0 Å². The maximum absolute atomic E-state index is 12.9. The highest BCUT2D eigenvalue weighted by atomic mass is 35.5. The van der Waals surface area contributed by atoms with Crippen molar-refractivity contribution in [2.45, 2.75) is 42.4 Å². The van der Waals surface area contributed by atoms with E-state index in [1.807, 2.05) is 4.90 Å². The van der Waals surface area contributed by atoms with Gasteiger partial charge in [0.25, 0.3) is 0 Å². The van der Waals surface area contributed by atoms with Gasteiger partial charge < -0.3 is 4.90 Å². The second-order valence-electron chi connectivity index (χ2n) is 5.12. The molecule has 1 aliphatic rings. The van der Waals surface area contributed by atoms with E-state index in [4.69, 9.17) is 11.6 Å². The molecule has 1 aliphatic heterocycles. The van der Waals surface area contributed by atoms with E-state index < -0.39 is 15.6 Å². The number of para-hydroxylation sites is 1.